The summed E-state index contributed by atoms with van der Waals surface area (Å²) in [4.78, 5) is 11.4. The van der Waals surface area contributed by atoms with Gasteiger partial charge in [0, 0.05) is 17.6 Å². The topological polar surface area (TPSA) is 50.4 Å². The largest absolute Gasteiger partial charge is 0.496 e. The number of benzene rings is 1. The first kappa shape index (κ1) is 12.8. The minimum atomic E-state index is -0.137. The minimum absolute atomic E-state index is 0.137. The molecular weight excluding hydrogens is 228 g/mol. The molecule has 0 fully saturated rings. The van der Waals surface area contributed by atoms with Crippen molar-refractivity contribution in [3.63, 3.8) is 0 Å². The summed E-state index contributed by atoms with van der Waals surface area (Å²) >= 11 is 5.94. The molecule has 0 aliphatic heterocycles. The molecule has 4 nitrogen and oxygen atoms in total. The van der Waals surface area contributed by atoms with Crippen LogP contribution in [0.15, 0.2) is 12.1 Å². The maximum Gasteiger partial charge on any atom is 0.238 e. The maximum atomic E-state index is 11.4. The number of halogens is 1. The SMILES string of the molecule is CNNC(=O)Cc1cc(Cl)cc(C)c1OC. The molecule has 2 N–H and O–H groups in total. The Balaban J connectivity index is 2.97. The number of carbonyl (C=O) groups excluding carboxylic acids is 1. The van der Waals surface area contributed by atoms with Gasteiger partial charge in [-0.05, 0) is 24.6 Å². The highest BCUT2D eigenvalue weighted by Gasteiger charge is 2.11. The number of carbonyl (C=O) groups is 1. The lowest BCUT2D eigenvalue weighted by Gasteiger charge is -2.12. The van der Waals surface area contributed by atoms with Crippen LogP contribution in [0.25, 0.3) is 0 Å². The van der Waals surface area contributed by atoms with Gasteiger partial charge in [0.25, 0.3) is 0 Å². The molecule has 0 radical (unpaired) electrons. The third kappa shape index (κ3) is 3.12. The normalized spacial score (nSPS) is 10.0. The Bertz CT molecular complexity index is 394. The number of hydrogen-bond donors (Lipinski definition) is 2. The zero-order valence-electron chi connectivity index (χ0n) is 9.56. The lowest BCUT2D eigenvalue weighted by molar-refractivity contribution is -0.121. The molecule has 0 aliphatic rings. The molecule has 0 aliphatic carbocycles. The van der Waals surface area contributed by atoms with Crippen LogP contribution < -0.4 is 15.6 Å². The van der Waals surface area contributed by atoms with Crippen molar-refractivity contribution < 1.29 is 9.53 Å². The van der Waals surface area contributed by atoms with E-state index in [1.807, 2.05) is 6.92 Å². The third-order valence-corrected chi connectivity index (χ3v) is 2.35. The van der Waals surface area contributed by atoms with E-state index < -0.39 is 0 Å². The first-order valence-corrected chi connectivity index (χ1v) is 5.25. The van der Waals surface area contributed by atoms with Gasteiger partial charge in [0.2, 0.25) is 5.91 Å². The smallest absolute Gasteiger partial charge is 0.238 e. The molecule has 88 valence electrons. The van der Waals surface area contributed by atoms with Gasteiger partial charge in [0.15, 0.2) is 0 Å². The van der Waals surface area contributed by atoms with E-state index in [-0.39, 0.29) is 12.3 Å². The quantitative estimate of drug-likeness (QED) is 0.786. The van der Waals surface area contributed by atoms with E-state index in [1.54, 1.807) is 26.3 Å². The van der Waals surface area contributed by atoms with Gasteiger partial charge in [-0.3, -0.25) is 10.2 Å². The van der Waals surface area contributed by atoms with Crippen LogP contribution in [0.1, 0.15) is 11.1 Å². The van der Waals surface area contributed by atoms with Crippen molar-refractivity contribution in [3.05, 3.63) is 28.3 Å². The second kappa shape index (κ2) is 5.72. The Morgan fingerprint density at radius 2 is 2.19 bits per heavy atom. The molecule has 1 aromatic rings. The molecule has 0 saturated carbocycles. The Kier molecular flexibility index (Phi) is 4.58. The highest BCUT2D eigenvalue weighted by molar-refractivity contribution is 6.30. The van der Waals surface area contributed by atoms with E-state index in [0.29, 0.717) is 10.8 Å². The molecule has 0 bridgehead atoms. The number of aryl methyl sites for hydroxylation is 1. The van der Waals surface area contributed by atoms with E-state index in [2.05, 4.69) is 10.9 Å². The second-order valence-electron chi connectivity index (χ2n) is 3.39. The number of ether oxygens (including phenoxy) is 1. The van der Waals surface area contributed by atoms with Crippen molar-refractivity contribution in [2.75, 3.05) is 14.2 Å². The summed E-state index contributed by atoms with van der Waals surface area (Å²) in [6.07, 6.45) is 0.228. The van der Waals surface area contributed by atoms with Gasteiger partial charge in [-0.2, -0.15) is 0 Å². The lowest BCUT2D eigenvalue weighted by Crippen LogP contribution is -2.35. The van der Waals surface area contributed by atoms with Crippen molar-refractivity contribution in [1.82, 2.24) is 10.9 Å². The van der Waals surface area contributed by atoms with Gasteiger partial charge >= 0.3 is 0 Å². The molecule has 0 aromatic heterocycles. The molecule has 0 atom stereocenters. The summed E-state index contributed by atoms with van der Waals surface area (Å²) in [5, 5.41) is 0.602. The first-order valence-electron chi connectivity index (χ1n) is 4.87. The minimum Gasteiger partial charge on any atom is -0.496 e. The highest BCUT2D eigenvalue weighted by Crippen LogP contribution is 2.27. The van der Waals surface area contributed by atoms with Crippen LogP contribution in [-0.2, 0) is 11.2 Å². The average molecular weight is 243 g/mol. The van der Waals surface area contributed by atoms with Crippen LogP contribution in [-0.4, -0.2) is 20.1 Å². The predicted octanol–water partition coefficient (Wildman–Crippen LogP) is 1.45. The molecular formula is C11H15ClN2O2. The Morgan fingerprint density at radius 3 is 2.75 bits per heavy atom. The van der Waals surface area contributed by atoms with Crippen molar-refractivity contribution >= 4 is 17.5 Å². The van der Waals surface area contributed by atoms with Crippen LogP contribution in [0.2, 0.25) is 5.02 Å². The number of methoxy groups -OCH3 is 1. The number of nitrogens with one attached hydrogen (secondary N) is 2. The van der Waals surface area contributed by atoms with Crippen molar-refractivity contribution in [3.8, 4) is 5.75 Å². The van der Waals surface area contributed by atoms with E-state index in [9.17, 15) is 4.79 Å². The molecule has 1 aromatic carbocycles. The monoisotopic (exact) mass is 242 g/mol. The van der Waals surface area contributed by atoms with Crippen LogP contribution in [0.5, 0.6) is 5.75 Å². The second-order valence-corrected chi connectivity index (χ2v) is 3.83. The van der Waals surface area contributed by atoms with E-state index >= 15 is 0 Å². The van der Waals surface area contributed by atoms with Crippen molar-refractivity contribution in [1.29, 1.82) is 0 Å². The third-order valence-electron chi connectivity index (χ3n) is 2.14. The van der Waals surface area contributed by atoms with Gasteiger partial charge in [0.05, 0.1) is 13.5 Å². The maximum absolute atomic E-state index is 11.4. The Hall–Kier alpha value is -1.26. The molecule has 0 heterocycles. The summed E-state index contributed by atoms with van der Waals surface area (Å²) in [5.74, 6) is 0.568. The van der Waals surface area contributed by atoms with Gasteiger partial charge in [-0.1, -0.05) is 11.6 Å². The van der Waals surface area contributed by atoms with Crippen LogP contribution >= 0.6 is 11.6 Å². The lowest BCUT2D eigenvalue weighted by atomic mass is 10.1. The number of rotatable bonds is 4. The van der Waals surface area contributed by atoms with E-state index in [0.717, 1.165) is 11.1 Å². The molecule has 0 unspecified atom stereocenters. The van der Waals surface area contributed by atoms with Gasteiger partial charge in [0.1, 0.15) is 5.75 Å². The summed E-state index contributed by atoms with van der Waals surface area (Å²) in [5.41, 5.74) is 6.77. The van der Waals surface area contributed by atoms with Crippen LogP contribution in [0.3, 0.4) is 0 Å². The van der Waals surface area contributed by atoms with E-state index in [1.165, 1.54) is 0 Å². The zero-order chi connectivity index (χ0) is 12.1. The standard InChI is InChI=1S/C11H15ClN2O2/c1-7-4-9(12)5-8(11(7)16-3)6-10(15)14-13-2/h4-5,13H,6H2,1-3H3,(H,14,15). The molecule has 5 heteroatoms. The fraction of sp³-hybridized carbons (Fsp3) is 0.364. The van der Waals surface area contributed by atoms with Crippen LogP contribution in [0, 0.1) is 6.92 Å². The van der Waals surface area contributed by atoms with Crippen LogP contribution in [0.4, 0.5) is 0 Å². The molecule has 0 saturated heterocycles. The first-order chi connectivity index (χ1) is 7.58. The summed E-state index contributed by atoms with van der Waals surface area (Å²) in [6, 6.07) is 3.54. The van der Waals surface area contributed by atoms with Gasteiger partial charge in [-0.15, -0.1) is 0 Å². The van der Waals surface area contributed by atoms with Crippen molar-refractivity contribution in [2.45, 2.75) is 13.3 Å². The summed E-state index contributed by atoms with van der Waals surface area (Å²) in [7, 11) is 3.22. The number of hydrogen-bond acceptors (Lipinski definition) is 3. The zero-order valence-corrected chi connectivity index (χ0v) is 10.3. The predicted molar refractivity (Wildman–Crippen MR) is 63.6 cm³/mol. The fourth-order valence-corrected chi connectivity index (χ4v) is 1.87. The van der Waals surface area contributed by atoms with Gasteiger partial charge < -0.3 is 4.74 Å². The molecule has 1 rings (SSSR count). The number of hydrazine groups is 1. The average Bonchev–Trinajstić information content (AvgIpc) is 2.17. The van der Waals surface area contributed by atoms with Crippen molar-refractivity contribution in [2.24, 2.45) is 0 Å². The molecule has 1 amide bonds. The summed E-state index contributed by atoms with van der Waals surface area (Å²) < 4.78 is 5.25. The number of amides is 1. The molecule has 16 heavy (non-hydrogen) atoms. The van der Waals surface area contributed by atoms with E-state index in [4.69, 9.17) is 16.3 Å². The van der Waals surface area contributed by atoms with Gasteiger partial charge in [-0.25, -0.2) is 5.43 Å². The fourth-order valence-electron chi connectivity index (χ4n) is 1.58. The summed E-state index contributed by atoms with van der Waals surface area (Å²) in [6.45, 7) is 1.89. The highest BCUT2D eigenvalue weighted by atomic mass is 35.5. The molecule has 0 spiro atoms. The Morgan fingerprint density at radius 1 is 1.50 bits per heavy atom. The Labute approximate surface area is 99.9 Å².